The van der Waals surface area contributed by atoms with Gasteiger partial charge in [0.1, 0.15) is 5.75 Å². The number of nitrogens with one attached hydrogen (secondary N) is 1. The van der Waals surface area contributed by atoms with Crippen LogP contribution in [-0.2, 0) is 0 Å². The molecule has 0 amide bonds. The molecule has 0 aromatic heterocycles. The lowest BCUT2D eigenvalue weighted by Crippen LogP contribution is -1.92. The lowest BCUT2D eigenvalue weighted by molar-refractivity contribution is 0.475. The maximum Gasteiger partial charge on any atom is 0.125 e. The molecular formula is C18H14BrClN2O. The number of fused-ring (bicyclic) bond motifs is 1. The van der Waals surface area contributed by atoms with Crippen LogP contribution in [0.2, 0.25) is 5.02 Å². The van der Waals surface area contributed by atoms with Gasteiger partial charge in [-0.3, -0.25) is 5.43 Å². The van der Waals surface area contributed by atoms with Crippen molar-refractivity contribution in [2.75, 3.05) is 5.43 Å². The monoisotopic (exact) mass is 388 g/mol. The Labute approximate surface area is 147 Å². The van der Waals surface area contributed by atoms with Crippen LogP contribution in [0.3, 0.4) is 0 Å². The number of phenolic OH excluding ortho intramolecular Hbond substituents is 1. The summed E-state index contributed by atoms with van der Waals surface area (Å²) < 4.78 is 0.992. The molecule has 0 radical (unpaired) electrons. The molecule has 0 fully saturated rings. The summed E-state index contributed by atoms with van der Waals surface area (Å²) in [5.74, 6) is 0.187. The van der Waals surface area contributed by atoms with Gasteiger partial charge in [0.05, 0.1) is 11.9 Å². The Hall–Kier alpha value is -2.04. The highest BCUT2D eigenvalue weighted by Crippen LogP contribution is 2.28. The van der Waals surface area contributed by atoms with Crippen molar-refractivity contribution < 1.29 is 5.11 Å². The minimum Gasteiger partial charge on any atom is -0.507 e. The van der Waals surface area contributed by atoms with Gasteiger partial charge in [0, 0.05) is 15.1 Å². The molecule has 0 atom stereocenters. The number of hydrogen-bond acceptors (Lipinski definition) is 3. The number of phenols is 1. The molecule has 3 aromatic carbocycles. The third-order valence-corrected chi connectivity index (χ3v) is 4.46. The fourth-order valence-electron chi connectivity index (χ4n) is 2.28. The van der Waals surface area contributed by atoms with Crippen molar-refractivity contribution in [2.24, 2.45) is 5.10 Å². The van der Waals surface area contributed by atoms with E-state index in [9.17, 15) is 5.11 Å². The first-order valence-corrected chi connectivity index (χ1v) is 8.18. The second-order valence-electron chi connectivity index (χ2n) is 5.20. The second-order valence-corrected chi connectivity index (χ2v) is 6.52. The van der Waals surface area contributed by atoms with E-state index in [1.165, 1.54) is 0 Å². The Morgan fingerprint density at radius 2 is 1.96 bits per heavy atom. The van der Waals surface area contributed by atoms with Crippen LogP contribution < -0.4 is 5.43 Å². The van der Waals surface area contributed by atoms with E-state index in [4.69, 9.17) is 11.6 Å². The van der Waals surface area contributed by atoms with Gasteiger partial charge in [-0.05, 0) is 53.6 Å². The van der Waals surface area contributed by atoms with Crippen LogP contribution in [0.15, 0.2) is 58.1 Å². The van der Waals surface area contributed by atoms with Crippen LogP contribution in [-0.4, -0.2) is 11.3 Å². The molecule has 0 aliphatic heterocycles. The molecule has 23 heavy (non-hydrogen) atoms. The molecule has 116 valence electrons. The minimum atomic E-state index is 0.187. The van der Waals surface area contributed by atoms with E-state index >= 15 is 0 Å². The summed E-state index contributed by atoms with van der Waals surface area (Å²) in [4.78, 5) is 0. The maximum absolute atomic E-state index is 10.1. The normalized spacial score (nSPS) is 11.3. The van der Waals surface area contributed by atoms with E-state index in [0.717, 1.165) is 26.5 Å². The Bertz CT molecular complexity index is 909. The first-order chi connectivity index (χ1) is 11.0. The Kier molecular flexibility index (Phi) is 4.55. The fourth-order valence-corrected chi connectivity index (χ4v) is 2.84. The summed E-state index contributed by atoms with van der Waals surface area (Å²) in [6.07, 6.45) is 1.61. The molecule has 3 aromatic rings. The molecule has 0 heterocycles. The van der Waals surface area contributed by atoms with E-state index in [-0.39, 0.29) is 5.75 Å². The molecule has 3 nitrogen and oxygen atoms in total. The maximum atomic E-state index is 10.1. The van der Waals surface area contributed by atoms with E-state index in [0.29, 0.717) is 10.6 Å². The zero-order valence-electron chi connectivity index (χ0n) is 12.3. The van der Waals surface area contributed by atoms with Crippen LogP contribution in [0.5, 0.6) is 5.75 Å². The zero-order chi connectivity index (χ0) is 16.4. The highest BCUT2D eigenvalue weighted by Gasteiger charge is 2.05. The summed E-state index contributed by atoms with van der Waals surface area (Å²) in [5.41, 5.74) is 5.40. The van der Waals surface area contributed by atoms with Crippen LogP contribution in [0.1, 0.15) is 11.1 Å². The quantitative estimate of drug-likeness (QED) is 0.445. The van der Waals surface area contributed by atoms with Gasteiger partial charge in [0.25, 0.3) is 0 Å². The highest BCUT2D eigenvalue weighted by molar-refractivity contribution is 9.10. The Morgan fingerprint density at radius 3 is 2.74 bits per heavy atom. The number of benzene rings is 3. The van der Waals surface area contributed by atoms with E-state index in [2.05, 4.69) is 26.5 Å². The van der Waals surface area contributed by atoms with Gasteiger partial charge in [-0.25, -0.2) is 0 Å². The number of rotatable bonds is 3. The predicted molar refractivity (Wildman–Crippen MR) is 101 cm³/mol. The van der Waals surface area contributed by atoms with E-state index in [1.807, 2.05) is 49.4 Å². The zero-order valence-corrected chi connectivity index (χ0v) is 14.7. The number of halogens is 2. The molecule has 2 N–H and O–H groups in total. The average Bonchev–Trinajstić information content (AvgIpc) is 2.53. The molecule has 5 heteroatoms. The van der Waals surface area contributed by atoms with Crippen molar-refractivity contribution in [3.05, 3.63) is 69.2 Å². The predicted octanol–water partition coefficient (Wildman–Crippen LogP) is 5.72. The minimum absolute atomic E-state index is 0.187. The van der Waals surface area contributed by atoms with Crippen molar-refractivity contribution in [3.63, 3.8) is 0 Å². The Balaban J connectivity index is 1.91. The topological polar surface area (TPSA) is 44.6 Å². The lowest BCUT2D eigenvalue weighted by Gasteiger charge is -2.06. The van der Waals surface area contributed by atoms with Gasteiger partial charge < -0.3 is 5.11 Å². The van der Waals surface area contributed by atoms with Crippen molar-refractivity contribution in [3.8, 4) is 5.75 Å². The SMILES string of the molecule is Cc1ccc(N/N=C/c2c(O)ccc3cc(Br)ccc23)cc1Cl. The van der Waals surface area contributed by atoms with Gasteiger partial charge in [-0.2, -0.15) is 5.10 Å². The number of hydrogen-bond donors (Lipinski definition) is 2. The van der Waals surface area contributed by atoms with Crippen LogP contribution in [0.25, 0.3) is 10.8 Å². The molecule has 0 aliphatic rings. The van der Waals surface area contributed by atoms with Gasteiger partial charge in [0.15, 0.2) is 0 Å². The van der Waals surface area contributed by atoms with Crippen molar-refractivity contribution in [1.29, 1.82) is 0 Å². The van der Waals surface area contributed by atoms with Gasteiger partial charge in [0.2, 0.25) is 0 Å². The average molecular weight is 390 g/mol. The molecular weight excluding hydrogens is 376 g/mol. The van der Waals surface area contributed by atoms with Crippen LogP contribution in [0, 0.1) is 6.92 Å². The highest BCUT2D eigenvalue weighted by atomic mass is 79.9. The lowest BCUT2D eigenvalue weighted by atomic mass is 10.0. The van der Waals surface area contributed by atoms with Gasteiger partial charge in [-0.1, -0.05) is 45.7 Å². The summed E-state index contributed by atoms with van der Waals surface area (Å²) in [6, 6.07) is 15.1. The van der Waals surface area contributed by atoms with Gasteiger partial charge >= 0.3 is 0 Å². The molecule has 0 saturated carbocycles. The molecule has 0 bridgehead atoms. The summed E-state index contributed by atoms with van der Waals surface area (Å²) in [6.45, 7) is 1.95. The Morgan fingerprint density at radius 1 is 1.13 bits per heavy atom. The number of aryl methyl sites for hydroxylation is 1. The first-order valence-electron chi connectivity index (χ1n) is 7.01. The third kappa shape index (κ3) is 3.49. The summed E-state index contributed by atoms with van der Waals surface area (Å²) in [7, 11) is 0. The first kappa shape index (κ1) is 15.8. The van der Waals surface area contributed by atoms with Crippen molar-refractivity contribution in [1.82, 2.24) is 0 Å². The van der Waals surface area contributed by atoms with Crippen molar-refractivity contribution >= 4 is 50.2 Å². The second kappa shape index (κ2) is 6.60. The largest absolute Gasteiger partial charge is 0.507 e. The number of hydrazone groups is 1. The fraction of sp³-hybridized carbons (Fsp3) is 0.0556. The van der Waals surface area contributed by atoms with Crippen LogP contribution >= 0.6 is 27.5 Å². The number of nitrogens with zero attached hydrogens (tertiary/aromatic N) is 1. The summed E-state index contributed by atoms with van der Waals surface area (Å²) >= 11 is 9.54. The van der Waals surface area contributed by atoms with E-state index in [1.54, 1.807) is 12.3 Å². The molecule has 0 spiro atoms. The standard InChI is InChI=1S/C18H14BrClN2O/c1-11-2-5-14(9-17(11)20)22-21-10-16-15-6-4-13(19)8-12(15)3-7-18(16)23/h2-10,22-23H,1H3/b21-10+. The van der Waals surface area contributed by atoms with Gasteiger partial charge in [-0.15, -0.1) is 0 Å². The van der Waals surface area contributed by atoms with Crippen molar-refractivity contribution in [2.45, 2.75) is 6.92 Å². The molecule has 0 saturated heterocycles. The number of anilines is 1. The summed E-state index contributed by atoms with van der Waals surface area (Å²) in [5, 5.41) is 17.0. The molecule has 3 rings (SSSR count). The number of aromatic hydroxyl groups is 1. The molecule has 0 aliphatic carbocycles. The van der Waals surface area contributed by atoms with Crippen LogP contribution in [0.4, 0.5) is 5.69 Å². The smallest absolute Gasteiger partial charge is 0.125 e. The molecule has 0 unspecified atom stereocenters. The third-order valence-electron chi connectivity index (χ3n) is 3.56. The van der Waals surface area contributed by atoms with E-state index < -0.39 is 0 Å².